The highest BCUT2D eigenvalue weighted by Crippen LogP contribution is 2.20. The van der Waals surface area contributed by atoms with E-state index in [-0.39, 0.29) is 18.5 Å². The molecule has 0 aromatic heterocycles. The number of nitrogens with zero attached hydrogens (tertiary/aromatic N) is 2. The average Bonchev–Trinajstić information content (AvgIpc) is 2.75. The average molecular weight is 474 g/mol. The molecule has 0 saturated carbocycles. The minimum absolute atomic E-state index is 0.0322. The lowest BCUT2D eigenvalue weighted by Gasteiger charge is -2.32. The minimum atomic E-state index is -3.73. The Morgan fingerprint density at radius 1 is 1.03 bits per heavy atom. The molecular weight excluding hydrogens is 438 g/mol. The molecule has 0 saturated heterocycles. The molecule has 0 aliphatic heterocycles. The van der Waals surface area contributed by atoms with E-state index in [0.717, 1.165) is 33.7 Å². The van der Waals surface area contributed by atoms with E-state index in [1.807, 2.05) is 58.0 Å². The van der Waals surface area contributed by atoms with E-state index >= 15 is 0 Å². The van der Waals surface area contributed by atoms with Gasteiger partial charge >= 0.3 is 0 Å². The van der Waals surface area contributed by atoms with Crippen LogP contribution in [0.4, 0.5) is 5.69 Å². The normalized spacial score (nSPS) is 13.2. The van der Waals surface area contributed by atoms with Crippen molar-refractivity contribution in [1.82, 2.24) is 10.2 Å². The van der Waals surface area contributed by atoms with Crippen LogP contribution in [0.5, 0.6) is 0 Å². The Morgan fingerprint density at radius 2 is 1.70 bits per heavy atom. The maximum Gasteiger partial charge on any atom is 0.244 e. The summed E-state index contributed by atoms with van der Waals surface area (Å²) in [5.74, 6) is -0.718. The molecule has 8 heteroatoms. The van der Waals surface area contributed by atoms with Crippen LogP contribution < -0.4 is 9.62 Å². The number of hydrogen-bond acceptors (Lipinski definition) is 4. The van der Waals surface area contributed by atoms with E-state index in [0.29, 0.717) is 5.69 Å². The van der Waals surface area contributed by atoms with E-state index in [2.05, 4.69) is 5.32 Å². The number of sulfonamides is 1. The first-order valence-corrected chi connectivity index (χ1v) is 13.0. The molecule has 1 N–H and O–H groups in total. The molecule has 0 aliphatic carbocycles. The van der Waals surface area contributed by atoms with Gasteiger partial charge in [-0.1, -0.05) is 43.3 Å². The number of amides is 2. The third-order valence-corrected chi connectivity index (χ3v) is 6.88. The van der Waals surface area contributed by atoms with Crippen LogP contribution in [0.1, 0.15) is 43.9 Å². The summed E-state index contributed by atoms with van der Waals surface area (Å²) in [4.78, 5) is 27.9. The SMILES string of the molecule is CC[C@@H](C)NC(=O)[C@@H](C)N(Cc1ccccc1C)C(=O)CN(c1cccc(C)c1)S(C)(=O)=O. The van der Waals surface area contributed by atoms with E-state index < -0.39 is 28.5 Å². The lowest BCUT2D eigenvalue weighted by Crippen LogP contribution is -2.52. The first-order chi connectivity index (χ1) is 15.4. The Kier molecular flexibility index (Phi) is 9.05. The first-order valence-electron chi connectivity index (χ1n) is 11.1. The third-order valence-electron chi connectivity index (χ3n) is 5.74. The van der Waals surface area contributed by atoms with Crippen LogP contribution in [0.15, 0.2) is 48.5 Å². The second-order valence-corrected chi connectivity index (χ2v) is 10.5. The van der Waals surface area contributed by atoms with E-state index in [1.54, 1.807) is 25.1 Å². The van der Waals surface area contributed by atoms with Crippen LogP contribution in [0.2, 0.25) is 0 Å². The second-order valence-electron chi connectivity index (χ2n) is 8.55. The fraction of sp³-hybridized carbons (Fsp3) is 0.440. The van der Waals surface area contributed by atoms with Crippen molar-refractivity contribution in [3.05, 3.63) is 65.2 Å². The number of aryl methyl sites for hydroxylation is 2. The van der Waals surface area contributed by atoms with Crippen LogP contribution in [0.3, 0.4) is 0 Å². The van der Waals surface area contributed by atoms with Crippen molar-refractivity contribution in [2.75, 3.05) is 17.1 Å². The van der Waals surface area contributed by atoms with Gasteiger partial charge in [-0.15, -0.1) is 0 Å². The van der Waals surface area contributed by atoms with Crippen LogP contribution in [-0.2, 0) is 26.2 Å². The molecule has 2 aromatic carbocycles. The van der Waals surface area contributed by atoms with Gasteiger partial charge in [0.25, 0.3) is 0 Å². The minimum Gasteiger partial charge on any atom is -0.352 e. The Hall–Kier alpha value is -2.87. The number of carbonyl (C=O) groups excluding carboxylic acids is 2. The van der Waals surface area contributed by atoms with Crippen molar-refractivity contribution in [2.45, 2.75) is 59.7 Å². The summed E-state index contributed by atoms with van der Waals surface area (Å²) in [6.45, 7) is 9.15. The molecule has 0 fully saturated rings. The molecule has 0 radical (unpaired) electrons. The van der Waals surface area contributed by atoms with Gasteiger partial charge in [0.15, 0.2) is 0 Å². The van der Waals surface area contributed by atoms with Gasteiger partial charge in [0.2, 0.25) is 21.8 Å². The molecule has 180 valence electrons. The van der Waals surface area contributed by atoms with Gasteiger partial charge in [-0.3, -0.25) is 13.9 Å². The summed E-state index contributed by atoms with van der Waals surface area (Å²) in [6.07, 6.45) is 1.84. The zero-order valence-electron chi connectivity index (χ0n) is 20.3. The number of hydrogen-bond donors (Lipinski definition) is 1. The third kappa shape index (κ3) is 7.32. The van der Waals surface area contributed by atoms with E-state index in [9.17, 15) is 18.0 Å². The number of anilines is 1. The molecule has 2 rings (SSSR count). The number of nitrogens with one attached hydrogen (secondary N) is 1. The van der Waals surface area contributed by atoms with E-state index in [1.165, 1.54) is 4.90 Å². The lowest BCUT2D eigenvalue weighted by atomic mass is 10.1. The number of benzene rings is 2. The van der Waals surface area contributed by atoms with Gasteiger partial charge < -0.3 is 10.2 Å². The molecule has 7 nitrogen and oxygen atoms in total. The van der Waals surface area contributed by atoms with Crippen LogP contribution in [0.25, 0.3) is 0 Å². The highest BCUT2D eigenvalue weighted by atomic mass is 32.2. The van der Waals surface area contributed by atoms with Gasteiger partial charge in [0, 0.05) is 12.6 Å². The van der Waals surface area contributed by atoms with Crippen molar-refractivity contribution < 1.29 is 18.0 Å². The summed E-state index contributed by atoms with van der Waals surface area (Å²) >= 11 is 0. The fourth-order valence-electron chi connectivity index (χ4n) is 3.42. The van der Waals surface area contributed by atoms with Crippen molar-refractivity contribution in [3.63, 3.8) is 0 Å². The smallest absolute Gasteiger partial charge is 0.244 e. The molecular formula is C25H35N3O4S. The maximum absolute atomic E-state index is 13.5. The zero-order chi connectivity index (χ0) is 24.8. The summed E-state index contributed by atoms with van der Waals surface area (Å²) in [5.41, 5.74) is 3.18. The highest BCUT2D eigenvalue weighted by Gasteiger charge is 2.30. The summed E-state index contributed by atoms with van der Waals surface area (Å²) < 4.78 is 26.2. The molecule has 33 heavy (non-hydrogen) atoms. The summed E-state index contributed by atoms with van der Waals surface area (Å²) in [5, 5.41) is 2.92. The molecule has 2 amide bonds. The Balaban J connectivity index is 2.40. The van der Waals surface area contributed by atoms with Gasteiger partial charge in [-0.25, -0.2) is 8.42 Å². The van der Waals surface area contributed by atoms with Crippen molar-refractivity contribution in [1.29, 1.82) is 0 Å². The summed E-state index contributed by atoms with van der Waals surface area (Å²) in [7, 11) is -3.73. The number of rotatable bonds is 10. The predicted molar refractivity (Wildman–Crippen MR) is 132 cm³/mol. The van der Waals surface area contributed by atoms with Crippen molar-refractivity contribution in [3.8, 4) is 0 Å². The molecule has 0 spiro atoms. The summed E-state index contributed by atoms with van der Waals surface area (Å²) in [6, 6.07) is 13.8. The molecule has 2 aromatic rings. The quantitative estimate of drug-likeness (QED) is 0.573. The molecule has 0 unspecified atom stereocenters. The van der Waals surface area contributed by atoms with E-state index in [4.69, 9.17) is 0 Å². The van der Waals surface area contributed by atoms with Crippen LogP contribution in [-0.4, -0.2) is 50.0 Å². The van der Waals surface area contributed by atoms with Gasteiger partial charge in [-0.2, -0.15) is 0 Å². The molecule has 2 atom stereocenters. The van der Waals surface area contributed by atoms with Crippen molar-refractivity contribution >= 4 is 27.5 Å². The maximum atomic E-state index is 13.5. The van der Waals surface area contributed by atoms with Gasteiger partial charge in [-0.05, 0) is 62.9 Å². The van der Waals surface area contributed by atoms with Crippen molar-refractivity contribution in [2.24, 2.45) is 0 Å². The Morgan fingerprint density at radius 3 is 2.27 bits per heavy atom. The molecule has 0 aliphatic rings. The Bertz CT molecular complexity index is 1080. The first kappa shape index (κ1) is 26.4. The van der Waals surface area contributed by atoms with Crippen LogP contribution in [0, 0.1) is 13.8 Å². The van der Waals surface area contributed by atoms with Gasteiger partial charge in [0.05, 0.1) is 11.9 Å². The zero-order valence-corrected chi connectivity index (χ0v) is 21.1. The lowest BCUT2D eigenvalue weighted by molar-refractivity contribution is -0.139. The largest absolute Gasteiger partial charge is 0.352 e. The standard InChI is InChI=1S/C25H35N3O4S/c1-7-20(4)26-25(30)21(5)27(16-22-13-9-8-12-19(22)3)24(29)17-28(33(6,31)32)23-14-10-11-18(2)15-23/h8-15,20-21H,7,16-17H2,1-6H3,(H,26,30)/t20-,21-/m1/s1. The Labute approximate surface area is 197 Å². The predicted octanol–water partition coefficient (Wildman–Crippen LogP) is 3.40. The monoisotopic (exact) mass is 473 g/mol. The molecule has 0 bridgehead atoms. The van der Waals surface area contributed by atoms with Gasteiger partial charge in [0.1, 0.15) is 12.6 Å². The highest BCUT2D eigenvalue weighted by molar-refractivity contribution is 7.92. The fourth-order valence-corrected chi connectivity index (χ4v) is 4.26. The topological polar surface area (TPSA) is 86.8 Å². The second kappa shape index (κ2) is 11.3. The molecule has 0 heterocycles. The number of carbonyl (C=O) groups is 2. The van der Waals surface area contributed by atoms with Crippen LogP contribution >= 0.6 is 0 Å².